The van der Waals surface area contributed by atoms with E-state index < -0.39 is 9.84 Å². The molecule has 0 aliphatic heterocycles. The van der Waals surface area contributed by atoms with Crippen LogP contribution in [0.2, 0.25) is 0 Å². The molecular formula is C12H17NO3S2. The number of aliphatic hydroxyl groups excluding tert-OH is 1. The molecule has 1 heterocycles. The molecule has 1 aromatic heterocycles. The number of sulfone groups is 1. The molecule has 0 atom stereocenters. The third-order valence-corrected chi connectivity index (χ3v) is 4.08. The van der Waals surface area contributed by atoms with Gasteiger partial charge in [-0.05, 0) is 13.1 Å². The highest BCUT2D eigenvalue weighted by atomic mass is 32.2. The van der Waals surface area contributed by atoms with Gasteiger partial charge in [-0.25, -0.2) is 8.42 Å². The largest absolute Gasteiger partial charge is 0.384 e. The summed E-state index contributed by atoms with van der Waals surface area (Å²) in [5, 5.41) is 10.5. The van der Waals surface area contributed by atoms with Crippen molar-refractivity contribution >= 4 is 21.2 Å². The van der Waals surface area contributed by atoms with E-state index >= 15 is 0 Å². The summed E-state index contributed by atoms with van der Waals surface area (Å²) >= 11 is 1.59. The van der Waals surface area contributed by atoms with Crippen molar-refractivity contribution < 1.29 is 13.5 Å². The Morgan fingerprint density at radius 3 is 2.83 bits per heavy atom. The average molecular weight is 287 g/mol. The Kier molecular flexibility index (Phi) is 5.82. The SMILES string of the molecule is CN(CCS(C)(=O)=O)Cc1cc(C#CCO)cs1. The minimum absolute atomic E-state index is 0.139. The van der Waals surface area contributed by atoms with Gasteiger partial charge in [0.25, 0.3) is 0 Å². The van der Waals surface area contributed by atoms with Crippen LogP contribution in [-0.2, 0) is 16.4 Å². The molecule has 0 spiro atoms. The van der Waals surface area contributed by atoms with Crippen molar-refractivity contribution in [3.05, 3.63) is 21.9 Å². The van der Waals surface area contributed by atoms with Crippen LogP contribution in [0.1, 0.15) is 10.4 Å². The van der Waals surface area contributed by atoms with Gasteiger partial charge in [0.1, 0.15) is 16.4 Å². The fourth-order valence-corrected chi connectivity index (χ4v) is 2.88. The zero-order chi connectivity index (χ0) is 13.6. The first kappa shape index (κ1) is 15.2. The van der Waals surface area contributed by atoms with Crippen molar-refractivity contribution in [1.82, 2.24) is 4.90 Å². The van der Waals surface area contributed by atoms with Crippen molar-refractivity contribution in [2.75, 3.05) is 32.2 Å². The maximum Gasteiger partial charge on any atom is 0.148 e. The molecule has 0 bridgehead atoms. The van der Waals surface area contributed by atoms with Crippen LogP contribution in [-0.4, -0.2) is 50.6 Å². The monoisotopic (exact) mass is 287 g/mol. The lowest BCUT2D eigenvalue weighted by Gasteiger charge is -2.14. The molecule has 0 aromatic carbocycles. The summed E-state index contributed by atoms with van der Waals surface area (Å²) in [5.41, 5.74) is 0.889. The first-order chi connectivity index (χ1) is 8.40. The second-order valence-electron chi connectivity index (χ2n) is 4.13. The first-order valence-electron chi connectivity index (χ1n) is 5.44. The molecule has 0 unspecified atom stereocenters. The lowest BCUT2D eigenvalue weighted by atomic mass is 10.3. The molecule has 0 saturated carbocycles. The van der Waals surface area contributed by atoms with Crippen LogP contribution in [0.4, 0.5) is 0 Å². The number of thiophene rings is 1. The van der Waals surface area contributed by atoms with E-state index in [4.69, 9.17) is 5.11 Å². The number of nitrogens with zero attached hydrogens (tertiary/aromatic N) is 1. The molecule has 1 N–H and O–H groups in total. The summed E-state index contributed by atoms with van der Waals surface area (Å²) in [6.07, 6.45) is 1.24. The van der Waals surface area contributed by atoms with E-state index in [-0.39, 0.29) is 12.4 Å². The topological polar surface area (TPSA) is 57.6 Å². The van der Waals surface area contributed by atoms with Gasteiger partial charge in [-0.2, -0.15) is 0 Å². The molecule has 0 amide bonds. The Balaban J connectivity index is 2.49. The third kappa shape index (κ3) is 6.17. The van der Waals surface area contributed by atoms with E-state index in [0.717, 1.165) is 10.4 Å². The van der Waals surface area contributed by atoms with Gasteiger partial charge in [0.05, 0.1) is 5.75 Å². The van der Waals surface area contributed by atoms with Crippen LogP contribution in [0, 0.1) is 11.8 Å². The van der Waals surface area contributed by atoms with Crippen LogP contribution >= 0.6 is 11.3 Å². The van der Waals surface area contributed by atoms with E-state index in [1.165, 1.54) is 6.26 Å². The molecule has 0 saturated heterocycles. The standard InChI is InChI=1S/C12H17NO3S2/c1-13(5-7-18(2,15)16)9-12-8-11(10-17-12)4-3-6-14/h8,10,14H,5-7,9H2,1-2H3. The van der Waals surface area contributed by atoms with Gasteiger partial charge in [0.2, 0.25) is 0 Å². The summed E-state index contributed by atoms with van der Waals surface area (Å²) in [6, 6.07) is 1.96. The lowest BCUT2D eigenvalue weighted by Crippen LogP contribution is -2.24. The molecule has 0 radical (unpaired) electrons. The predicted molar refractivity (Wildman–Crippen MR) is 74.3 cm³/mol. The Bertz CT molecular complexity index is 537. The Morgan fingerprint density at radius 1 is 1.50 bits per heavy atom. The van der Waals surface area contributed by atoms with Gasteiger partial charge in [-0.15, -0.1) is 11.3 Å². The maximum atomic E-state index is 11.0. The van der Waals surface area contributed by atoms with Gasteiger partial charge in [-0.3, -0.25) is 0 Å². The van der Waals surface area contributed by atoms with Crippen molar-refractivity contribution in [2.24, 2.45) is 0 Å². The van der Waals surface area contributed by atoms with E-state index in [1.807, 2.05) is 23.4 Å². The predicted octanol–water partition coefficient (Wildman–Crippen LogP) is 0.568. The molecule has 0 aliphatic carbocycles. The third-order valence-electron chi connectivity index (χ3n) is 2.24. The Hall–Kier alpha value is -0.870. The lowest BCUT2D eigenvalue weighted by molar-refractivity contribution is 0.349. The highest BCUT2D eigenvalue weighted by Gasteiger charge is 2.07. The van der Waals surface area contributed by atoms with Crippen molar-refractivity contribution in [1.29, 1.82) is 0 Å². The summed E-state index contributed by atoms with van der Waals surface area (Å²) < 4.78 is 22.1. The van der Waals surface area contributed by atoms with Crippen LogP contribution in [0.5, 0.6) is 0 Å². The van der Waals surface area contributed by atoms with Crippen molar-refractivity contribution in [3.8, 4) is 11.8 Å². The summed E-state index contributed by atoms with van der Waals surface area (Å²) in [7, 11) is -1.01. The average Bonchev–Trinajstić information content (AvgIpc) is 2.70. The molecule has 0 fully saturated rings. The molecular weight excluding hydrogens is 270 g/mol. The fraction of sp³-hybridized carbons (Fsp3) is 0.500. The molecule has 6 heteroatoms. The van der Waals surface area contributed by atoms with E-state index in [9.17, 15) is 8.42 Å². The first-order valence-corrected chi connectivity index (χ1v) is 8.38. The normalized spacial score (nSPS) is 11.3. The summed E-state index contributed by atoms with van der Waals surface area (Å²) in [5.74, 6) is 5.61. The van der Waals surface area contributed by atoms with Gasteiger partial charge in [0, 0.05) is 35.2 Å². The second kappa shape index (κ2) is 6.90. The molecule has 0 aliphatic rings. The van der Waals surface area contributed by atoms with Gasteiger partial charge in [-0.1, -0.05) is 11.8 Å². The van der Waals surface area contributed by atoms with Crippen LogP contribution < -0.4 is 0 Å². The van der Waals surface area contributed by atoms with E-state index in [1.54, 1.807) is 11.3 Å². The fourth-order valence-electron chi connectivity index (χ4n) is 1.34. The zero-order valence-corrected chi connectivity index (χ0v) is 12.1. The minimum Gasteiger partial charge on any atom is -0.384 e. The quantitative estimate of drug-likeness (QED) is 0.804. The van der Waals surface area contributed by atoms with Crippen molar-refractivity contribution in [2.45, 2.75) is 6.54 Å². The molecule has 1 rings (SSSR count). The summed E-state index contributed by atoms with van der Waals surface area (Å²) in [4.78, 5) is 3.10. The van der Waals surface area contributed by atoms with Crippen LogP contribution in [0.25, 0.3) is 0 Å². The van der Waals surface area contributed by atoms with Crippen molar-refractivity contribution in [3.63, 3.8) is 0 Å². The molecule has 1 aromatic rings. The highest BCUT2D eigenvalue weighted by molar-refractivity contribution is 7.90. The minimum atomic E-state index is -2.91. The molecule has 4 nitrogen and oxygen atoms in total. The Morgan fingerprint density at radius 2 is 2.22 bits per heavy atom. The van der Waals surface area contributed by atoms with Gasteiger partial charge < -0.3 is 10.0 Å². The van der Waals surface area contributed by atoms with Gasteiger partial charge in [0.15, 0.2) is 0 Å². The second-order valence-corrected chi connectivity index (χ2v) is 7.38. The molecule has 100 valence electrons. The van der Waals surface area contributed by atoms with Crippen LogP contribution in [0.3, 0.4) is 0 Å². The van der Waals surface area contributed by atoms with Crippen LogP contribution in [0.15, 0.2) is 11.4 Å². The number of rotatable bonds is 5. The van der Waals surface area contributed by atoms with Gasteiger partial charge >= 0.3 is 0 Å². The van der Waals surface area contributed by atoms with E-state index in [2.05, 4.69) is 11.8 Å². The Labute approximate surface area is 112 Å². The van der Waals surface area contributed by atoms with E-state index in [0.29, 0.717) is 13.1 Å². The number of hydrogen-bond acceptors (Lipinski definition) is 5. The summed E-state index contributed by atoms with van der Waals surface area (Å²) in [6.45, 7) is 1.09. The number of hydrogen-bond donors (Lipinski definition) is 1. The number of aliphatic hydroxyl groups is 1. The molecule has 18 heavy (non-hydrogen) atoms. The zero-order valence-electron chi connectivity index (χ0n) is 10.5. The maximum absolute atomic E-state index is 11.0. The highest BCUT2D eigenvalue weighted by Crippen LogP contribution is 2.15. The smallest absolute Gasteiger partial charge is 0.148 e.